The predicted molar refractivity (Wildman–Crippen MR) is 100 cm³/mol. The van der Waals surface area contributed by atoms with Crippen LogP contribution in [0.3, 0.4) is 0 Å². The third-order valence-electron chi connectivity index (χ3n) is 3.91. The van der Waals surface area contributed by atoms with Gasteiger partial charge in [0, 0.05) is 19.7 Å². The van der Waals surface area contributed by atoms with Gasteiger partial charge in [-0.2, -0.15) is 5.10 Å². The van der Waals surface area contributed by atoms with E-state index in [1.807, 2.05) is 30.3 Å². The maximum Gasteiger partial charge on any atom is 0.274 e. The Balaban J connectivity index is 1.69. The number of anilines is 1. The fourth-order valence-corrected chi connectivity index (χ4v) is 2.74. The molecule has 28 heavy (non-hydrogen) atoms. The lowest BCUT2D eigenvalue weighted by molar-refractivity contribution is 0.0779. The highest BCUT2D eigenvalue weighted by molar-refractivity contribution is 6.34. The van der Waals surface area contributed by atoms with E-state index in [2.05, 4.69) is 15.5 Å². The Hall–Kier alpha value is -3.26. The number of hydrogen-bond acceptors (Lipinski definition) is 3. The second-order valence-electron chi connectivity index (χ2n) is 6.01. The number of nitrogens with one attached hydrogen (secondary N) is 2. The van der Waals surface area contributed by atoms with Crippen molar-refractivity contribution >= 4 is 29.2 Å². The van der Waals surface area contributed by atoms with Gasteiger partial charge in [0.15, 0.2) is 17.3 Å². The van der Waals surface area contributed by atoms with Crippen LogP contribution in [-0.4, -0.2) is 34.0 Å². The summed E-state index contributed by atoms with van der Waals surface area (Å²) < 4.78 is 26.5. The minimum absolute atomic E-state index is 0.0881. The molecule has 144 valence electrons. The molecule has 0 bridgehead atoms. The molecule has 0 aliphatic heterocycles. The first-order chi connectivity index (χ1) is 13.3. The second-order valence-corrected chi connectivity index (χ2v) is 6.42. The molecule has 0 saturated heterocycles. The highest BCUT2D eigenvalue weighted by atomic mass is 35.5. The number of aromatic nitrogens is 2. The number of carbonyl (C=O) groups is 2. The monoisotopic (exact) mass is 404 g/mol. The molecular formula is C19H15ClF2N4O2. The largest absolute Gasteiger partial charge is 0.336 e. The van der Waals surface area contributed by atoms with Crippen LogP contribution < -0.4 is 5.32 Å². The zero-order valence-corrected chi connectivity index (χ0v) is 15.4. The van der Waals surface area contributed by atoms with Crippen molar-refractivity contribution in [3.05, 3.63) is 82.0 Å². The number of nitrogens with zero attached hydrogens (tertiary/aromatic N) is 2. The minimum Gasteiger partial charge on any atom is -0.336 e. The number of carbonyl (C=O) groups excluding carboxylic acids is 2. The first-order valence-corrected chi connectivity index (χ1v) is 8.53. The summed E-state index contributed by atoms with van der Waals surface area (Å²) in [5.41, 5.74) is 0.796. The number of rotatable bonds is 5. The van der Waals surface area contributed by atoms with Gasteiger partial charge in [0.05, 0.1) is 10.6 Å². The van der Waals surface area contributed by atoms with E-state index in [-0.39, 0.29) is 28.0 Å². The van der Waals surface area contributed by atoms with Crippen molar-refractivity contribution in [2.75, 3.05) is 12.4 Å². The molecule has 2 N–H and O–H groups in total. The van der Waals surface area contributed by atoms with E-state index in [4.69, 9.17) is 11.6 Å². The van der Waals surface area contributed by atoms with Gasteiger partial charge in [-0.05, 0) is 17.7 Å². The molecule has 1 heterocycles. The van der Waals surface area contributed by atoms with Gasteiger partial charge < -0.3 is 10.2 Å². The summed E-state index contributed by atoms with van der Waals surface area (Å²) in [6.07, 6.45) is 0. The van der Waals surface area contributed by atoms with Crippen molar-refractivity contribution < 1.29 is 18.4 Å². The smallest absolute Gasteiger partial charge is 0.274 e. The van der Waals surface area contributed by atoms with Gasteiger partial charge in [-0.15, -0.1) is 0 Å². The molecule has 3 rings (SSSR count). The fourth-order valence-electron chi connectivity index (χ4n) is 2.51. The highest BCUT2D eigenvalue weighted by Crippen LogP contribution is 2.21. The lowest BCUT2D eigenvalue weighted by atomic mass is 10.2. The van der Waals surface area contributed by atoms with Gasteiger partial charge in [-0.1, -0.05) is 41.9 Å². The standard InChI is InChI=1S/C19H15ClF2N4O2/c1-26(10-11-5-3-2-4-6-11)19(28)16-9-17(25-24-16)23-18(27)12-7-14(21)15(22)8-13(12)20/h2-9H,10H2,1H3,(H2,23,24,25,27). The summed E-state index contributed by atoms with van der Waals surface area (Å²) >= 11 is 5.78. The highest BCUT2D eigenvalue weighted by Gasteiger charge is 2.19. The molecule has 0 atom stereocenters. The lowest BCUT2D eigenvalue weighted by Crippen LogP contribution is -2.26. The summed E-state index contributed by atoms with van der Waals surface area (Å²) in [5, 5.41) is 8.56. The number of hydrogen-bond donors (Lipinski definition) is 2. The van der Waals surface area contributed by atoms with E-state index in [0.717, 1.165) is 5.56 Å². The molecule has 3 aromatic rings. The van der Waals surface area contributed by atoms with Crippen molar-refractivity contribution in [1.82, 2.24) is 15.1 Å². The van der Waals surface area contributed by atoms with Crippen molar-refractivity contribution in [3.8, 4) is 0 Å². The van der Waals surface area contributed by atoms with Crippen LogP contribution in [0.4, 0.5) is 14.6 Å². The van der Waals surface area contributed by atoms with Crippen molar-refractivity contribution in [2.24, 2.45) is 0 Å². The van der Waals surface area contributed by atoms with Crippen LogP contribution in [0.1, 0.15) is 26.4 Å². The van der Waals surface area contributed by atoms with Gasteiger partial charge in [-0.25, -0.2) is 8.78 Å². The molecule has 2 amide bonds. The van der Waals surface area contributed by atoms with Crippen LogP contribution in [0.2, 0.25) is 5.02 Å². The van der Waals surface area contributed by atoms with E-state index in [1.54, 1.807) is 7.05 Å². The molecule has 9 heteroatoms. The average Bonchev–Trinajstić information content (AvgIpc) is 3.13. The van der Waals surface area contributed by atoms with E-state index < -0.39 is 17.5 Å². The van der Waals surface area contributed by atoms with E-state index in [1.165, 1.54) is 11.0 Å². The first-order valence-electron chi connectivity index (χ1n) is 8.16. The summed E-state index contributed by atoms with van der Waals surface area (Å²) in [6, 6.07) is 12.2. The van der Waals surface area contributed by atoms with Crippen LogP contribution in [-0.2, 0) is 6.54 Å². The average molecular weight is 405 g/mol. The lowest BCUT2D eigenvalue weighted by Gasteiger charge is -2.15. The molecular weight excluding hydrogens is 390 g/mol. The first kappa shape index (κ1) is 19.5. The Kier molecular flexibility index (Phi) is 5.70. The summed E-state index contributed by atoms with van der Waals surface area (Å²) in [5.74, 6) is -3.37. The summed E-state index contributed by atoms with van der Waals surface area (Å²) in [6.45, 7) is 0.388. The van der Waals surface area contributed by atoms with E-state index >= 15 is 0 Å². The third-order valence-corrected chi connectivity index (χ3v) is 4.22. The second kappa shape index (κ2) is 8.18. The van der Waals surface area contributed by atoms with E-state index in [9.17, 15) is 18.4 Å². The fraction of sp³-hybridized carbons (Fsp3) is 0.105. The van der Waals surface area contributed by atoms with Crippen LogP contribution in [0.5, 0.6) is 0 Å². The molecule has 2 aromatic carbocycles. The number of benzene rings is 2. The predicted octanol–water partition coefficient (Wildman–Crippen LogP) is 3.87. The number of amides is 2. The molecule has 0 radical (unpaired) electrons. The number of H-pyrrole nitrogens is 1. The number of aromatic amines is 1. The minimum atomic E-state index is -1.20. The molecule has 0 aliphatic carbocycles. The molecule has 0 unspecified atom stereocenters. The van der Waals surface area contributed by atoms with Gasteiger partial charge in [0.2, 0.25) is 0 Å². The van der Waals surface area contributed by atoms with Gasteiger partial charge in [0.1, 0.15) is 5.82 Å². The van der Waals surface area contributed by atoms with Crippen molar-refractivity contribution in [2.45, 2.75) is 6.54 Å². The molecule has 0 aliphatic rings. The molecule has 1 aromatic heterocycles. The Bertz CT molecular complexity index is 1020. The SMILES string of the molecule is CN(Cc1ccccc1)C(=O)c1cc(NC(=O)c2cc(F)c(F)cc2Cl)[nH]n1. The Morgan fingerprint density at radius 2 is 1.82 bits per heavy atom. The number of halogens is 3. The molecule has 0 fully saturated rings. The van der Waals surface area contributed by atoms with Gasteiger partial charge in [-0.3, -0.25) is 14.7 Å². The third kappa shape index (κ3) is 4.34. The van der Waals surface area contributed by atoms with Crippen molar-refractivity contribution in [1.29, 1.82) is 0 Å². The topological polar surface area (TPSA) is 78.1 Å². The quantitative estimate of drug-likeness (QED) is 0.634. The molecule has 0 saturated carbocycles. The van der Waals surface area contributed by atoms with Crippen LogP contribution in [0, 0.1) is 11.6 Å². The van der Waals surface area contributed by atoms with Crippen LogP contribution >= 0.6 is 11.6 Å². The van der Waals surface area contributed by atoms with E-state index in [0.29, 0.717) is 18.7 Å². The summed E-state index contributed by atoms with van der Waals surface area (Å²) in [4.78, 5) is 26.2. The maximum absolute atomic E-state index is 13.4. The van der Waals surface area contributed by atoms with Gasteiger partial charge >= 0.3 is 0 Å². The Morgan fingerprint density at radius 3 is 2.54 bits per heavy atom. The maximum atomic E-state index is 13.4. The van der Waals surface area contributed by atoms with Gasteiger partial charge in [0.25, 0.3) is 11.8 Å². The zero-order valence-electron chi connectivity index (χ0n) is 14.7. The zero-order chi connectivity index (χ0) is 20.3. The van der Waals surface area contributed by atoms with Crippen LogP contribution in [0.25, 0.3) is 0 Å². The van der Waals surface area contributed by atoms with Crippen molar-refractivity contribution in [3.63, 3.8) is 0 Å². The summed E-state index contributed by atoms with van der Waals surface area (Å²) in [7, 11) is 1.63. The van der Waals surface area contributed by atoms with Crippen LogP contribution in [0.15, 0.2) is 48.5 Å². The Morgan fingerprint density at radius 1 is 1.14 bits per heavy atom. The Labute approximate surface area is 164 Å². The molecule has 0 spiro atoms. The molecule has 6 nitrogen and oxygen atoms in total. The normalized spacial score (nSPS) is 10.6.